The number of para-hydroxylation sites is 5. The zero-order valence-electron chi connectivity index (χ0n) is 33.6. The van der Waals surface area contributed by atoms with E-state index in [2.05, 4.69) is 215 Å². The summed E-state index contributed by atoms with van der Waals surface area (Å²) in [6.45, 7) is 0. The van der Waals surface area contributed by atoms with E-state index in [1.54, 1.807) is 0 Å². The molecule has 0 amide bonds. The van der Waals surface area contributed by atoms with Crippen LogP contribution in [-0.2, 0) is 0 Å². The van der Waals surface area contributed by atoms with E-state index in [-0.39, 0.29) is 0 Å². The highest BCUT2D eigenvalue weighted by molar-refractivity contribution is 6.14. The third-order valence-electron chi connectivity index (χ3n) is 12.0. The summed E-state index contributed by atoms with van der Waals surface area (Å²) in [5, 5.41) is 4.74. The van der Waals surface area contributed by atoms with Gasteiger partial charge in [0.25, 0.3) is 0 Å². The molecule has 0 saturated carbocycles. The second kappa shape index (κ2) is 14.7. The molecular formula is C57H37N5. The van der Waals surface area contributed by atoms with Gasteiger partial charge in [0, 0.05) is 49.4 Å². The van der Waals surface area contributed by atoms with Crippen molar-refractivity contribution < 1.29 is 0 Å². The Kier molecular flexibility index (Phi) is 8.42. The average Bonchev–Trinajstić information content (AvgIpc) is 3.88. The minimum absolute atomic E-state index is 0.566. The second-order valence-electron chi connectivity index (χ2n) is 15.6. The first-order valence-electron chi connectivity index (χ1n) is 21.0. The van der Waals surface area contributed by atoms with Crippen molar-refractivity contribution in [3.05, 3.63) is 224 Å². The Labute approximate surface area is 358 Å². The quantitative estimate of drug-likeness (QED) is 0.162. The van der Waals surface area contributed by atoms with E-state index in [9.17, 15) is 0 Å². The standard InChI is InChI=1S/C57H37N5/c1-4-18-38(19-5-1)43-27-16-28-45(53(43)61-50-31-13-10-24-46(50)47-25-11-14-32-51(47)61)40-34-36-42(37-35-40)56-58-55(41-22-8-3-9-23-41)59-57(60-56)62-52-33-15-12-26-48(52)49-30-17-29-44(54(49)62)39-20-6-2-7-21-39/h1-37H. The van der Waals surface area contributed by atoms with E-state index < -0.39 is 0 Å². The van der Waals surface area contributed by atoms with Gasteiger partial charge in [-0.3, -0.25) is 4.57 Å². The molecular weight excluding hydrogens is 755 g/mol. The van der Waals surface area contributed by atoms with Crippen LogP contribution < -0.4 is 0 Å². The molecule has 0 N–H and O–H groups in total. The molecule has 0 bridgehead atoms. The minimum Gasteiger partial charge on any atom is -0.308 e. The largest absolute Gasteiger partial charge is 0.308 e. The van der Waals surface area contributed by atoms with Crippen LogP contribution in [0.3, 0.4) is 0 Å². The highest BCUT2D eigenvalue weighted by Gasteiger charge is 2.22. The van der Waals surface area contributed by atoms with Crippen molar-refractivity contribution >= 4 is 43.6 Å². The number of benzene rings is 9. The fraction of sp³-hybridized carbons (Fsp3) is 0. The molecule has 0 atom stereocenters. The molecule has 5 nitrogen and oxygen atoms in total. The average molecular weight is 792 g/mol. The smallest absolute Gasteiger partial charge is 0.238 e. The number of hydrogen-bond donors (Lipinski definition) is 0. The SMILES string of the molecule is c1ccc(-c2nc(-c3ccc(-c4cccc(-c5ccccc5)c4-n4c5ccccc5c5ccccc54)cc3)nc(-n3c4ccccc4c4cccc(-c5ccccc5)c43)n2)cc1. The first-order valence-corrected chi connectivity index (χ1v) is 21.0. The van der Waals surface area contributed by atoms with Crippen molar-refractivity contribution in [2.24, 2.45) is 0 Å². The van der Waals surface area contributed by atoms with Crippen LogP contribution in [-0.4, -0.2) is 24.1 Å². The lowest BCUT2D eigenvalue weighted by Gasteiger charge is -2.19. The van der Waals surface area contributed by atoms with E-state index in [4.69, 9.17) is 15.0 Å². The summed E-state index contributed by atoms with van der Waals surface area (Å²) >= 11 is 0. The first kappa shape index (κ1) is 35.5. The van der Waals surface area contributed by atoms with Crippen molar-refractivity contribution in [2.45, 2.75) is 0 Å². The van der Waals surface area contributed by atoms with Crippen molar-refractivity contribution in [1.29, 1.82) is 0 Å². The summed E-state index contributed by atoms with van der Waals surface area (Å²) < 4.78 is 4.65. The molecule has 0 aliphatic heterocycles. The van der Waals surface area contributed by atoms with Gasteiger partial charge in [0.1, 0.15) is 0 Å². The third kappa shape index (κ3) is 5.82. The monoisotopic (exact) mass is 791 g/mol. The van der Waals surface area contributed by atoms with Crippen LogP contribution in [0.1, 0.15) is 0 Å². The van der Waals surface area contributed by atoms with Gasteiger partial charge in [-0.05, 0) is 34.9 Å². The van der Waals surface area contributed by atoms with Gasteiger partial charge < -0.3 is 4.57 Å². The lowest BCUT2D eigenvalue weighted by Crippen LogP contribution is -2.07. The molecule has 0 aliphatic carbocycles. The molecule has 12 rings (SSSR count). The van der Waals surface area contributed by atoms with Gasteiger partial charge in [0.2, 0.25) is 5.95 Å². The van der Waals surface area contributed by atoms with Crippen LogP contribution >= 0.6 is 0 Å². The number of rotatable bonds is 7. The van der Waals surface area contributed by atoms with E-state index in [1.165, 1.54) is 21.8 Å². The van der Waals surface area contributed by atoms with Gasteiger partial charge in [-0.2, -0.15) is 9.97 Å². The van der Waals surface area contributed by atoms with Crippen LogP contribution in [0.4, 0.5) is 0 Å². The summed E-state index contributed by atoms with van der Waals surface area (Å²) in [6, 6.07) is 79.2. The van der Waals surface area contributed by atoms with Crippen LogP contribution in [0.2, 0.25) is 0 Å². The number of aromatic nitrogens is 5. The molecule has 12 aromatic rings. The predicted octanol–water partition coefficient (Wildman–Crippen LogP) is 14.4. The minimum atomic E-state index is 0.566. The van der Waals surface area contributed by atoms with Crippen LogP contribution in [0.15, 0.2) is 224 Å². The van der Waals surface area contributed by atoms with Crippen LogP contribution in [0.25, 0.3) is 111 Å². The van der Waals surface area contributed by atoms with Crippen molar-refractivity contribution in [3.8, 4) is 67.8 Å². The maximum Gasteiger partial charge on any atom is 0.238 e. The fourth-order valence-electron chi connectivity index (χ4n) is 9.22. The van der Waals surface area contributed by atoms with Crippen molar-refractivity contribution in [2.75, 3.05) is 0 Å². The molecule has 9 aromatic carbocycles. The van der Waals surface area contributed by atoms with Crippen molar-refractivity contribution in [3.63, 3.8) is 0 Å². The van der Waals surface area contributed by atoms with Gasteiger partial charge in [0.05, 0.1) is 27.8 Å². The van der Waals surface area contributed by atoms with Gasteiger partial charge >= 0.3 is 0 Å². The topological polar surface area (TPSA) is 48.5 Å². The van der Waals surface area contributed by atoms with Gasteiger partial charge in [-0.25, -0.2) is 4.98 Å². The highest BCUT2D eigenvalue weighted by atomic mass is 15.2. The molecule has 0 unspecified atom stereocenters. The molecule has 62 heavy (non-hydrogen) atoms. The lowest BCUT2D eigenvalue weighted by molar-refractivity contribution is 0.954. The molecule has 3 heterocycles. The molecule has 0 radical (unpaired) electrons. The molecule has 0 saturated heterocycles. The van der Waals surface area contributed by atoms with Gasteiger partial charge in [-0.1, -0.05) is 206 Å². The first-order chi connectivity index (χ1) is 30.8. The van der Waals surface area contributed by atoms with E-state index in [0.29, 0.717) is 17.6 Å². The van der Waals surface area contributed by atoms with Crippen LogP contribution in [0, 0.1) is 0 Å². The fourth-order valence-corrected chi connectivity index (χ4v) is 9.22. The summed E-state index contributed by atoms with van der Waals surface area (Å²) in [6.07, 6.45) is 0. The number of fused-ring (bicyclic) bond motifs is 6. The summed E-state index contributed by atoms with van der Waals surface area (Å²) in [7, 11) is 0. The second-order valence-corrected chi connectivity index (χ2v) is 15.6. The summed E-state index contributed by atoms with van der Waals surface area (Å²) in [5.74, 6) is 1.78. The summed E-state index contributed by atoms with van der Waals surface area (Å²) in [5.41, 5.74) is 14.2. The molecule has 0 spiro atoms. The molecule has 3 aromatic heterocycles. The maximum absolute atomic E-state index is 5.33. The Morgan fingerprint density at radius 2 is 0.629 bits per heavy atom. The summed E-state index contributed by atoms with van der Waals surface area (Å²) in [4.78, 5) is 15.7. The van der Waals surface area contributed by atoms with E-state index >= 15 is 0 Å². The Hall–Kier alpha value is -8.41. The van der Waals surface area contributed by atoms with Gasteiger partial charge in [0.15, 0.2) is 11.6 Å². The van der Waals surface area contributed by atoms with E-state index in [1.807, 2.05) is 18.2 Å². The Morgan fingerprint density at radius 3 is 1.19 bits per heavy atom. The van der Waals surface area contributed by atoms with Gasteiger partial charge in [-0.15, -0.1) is 0 Å². The van der Waals surface area contributed by atoms with Crippen molar-refractivity contribution in [1.82, 2.24) is 24.1 Å². The molecule has 290 valence electrons. The lowest BCUT2D eigenvalue weighted by atomic mass is 9.95. The predicted molar refractivity (Wildman–Crippen MR) is 256 cm³/mol. The normalized spacial score (nSPS) is 11.5. The highest BCUT2D eigenvalue weighted by Crippen LogP contribution is 2.42. The third-order valence-corrected chi connectivity index (χ3v) is 12.0. The zero-order chi connectivity index (χ0) is 41.0. The molecule has 0 aliphatic rings. The van der Waals surface area contributed by atoms with E-state index in [0.717, 1.165) is 72.0 Å². The Morgan fingerprint density at radius 1 is 0.258 bits per heavy atom. The molecule has 0 fully saturated rings. The Balaban J connectivity index is 1.06. The number of nitrogens with zero attached hydrogens (tertiary/aromatic N) is 5. The van der Waals surface area contributed by atoms with Crippen LogP contribution in [0.5, 0.6) is 0 Å². The molecule has 5 heteroatoms. The maximum atomic E-state index is 5.33. The Bertz CT molecular complexity index is 3550. The number of hydrogen-bond acceptors (Lipinski definition) is 3. The zero-order valence-corrected chi connectivity index (χ0v) is 33.6.